The number of halogens is 1. The highest BCUT2D eigenvalue weighted by atomic mass is 19.1. The summed E-state index contributed by atoms with van der Waals surface area (Å²) in [6, 6.07) is 4.50. The van der Waals surface area contributed by atoms with Crippen molar-refractivity contribution in [3.8, 4) is 5.75 Å². The second-order valence-electron chi connectivity index (χ2n) is 3.94. The highest BCUT2D eigenvalue weighted by molar-refractivity contribution is 5.70. The second-order valence-corrected chi connectivity index (χ2v) is 3.94. The zero-order valence-electron chi connectivity index (χ0n) is 11.0. The summed E-state index contributed by atoms with van der Waals surface area (Å²) in [5.41, 5.74) is 1.55. The van der Waals surface area contributed by atoms with Crippen LogP contribution in [0.2, 0.25) is 0 Å². The lowest BCUT2D eigenvalue weighted by Crippen LogP contribution is -2.04. The van der Waals surface area contributed by atoms with Gasteiger partial charge in [-0.1, -0.05) is 0 Å². The molecule has 0 saturated carbocycles. The van der Waals surface area contributed by atoms with E-state index in [1.165, 1.54) is 18.5 Å². The van der Waals surface area contributed by atoms with Gasteiger partial charge in [-0.05, 0) is 30.7 Å². The van der Waals surface area contributed by atoms with Gasteiger partial charge in [-0.25, -0.2) is 14.4 Å². The molecule has 0 bridgehead atoms. The third-order valence-electron chi connectivity index (χ3n) is 2.69. The van der Waals surface area contributed by atoms with Crippen molar-refractivity contribution in [2.75, 3.05) is 24.8 Å². The maximum absolute atomic E-state index is 13.1. The van der Waals surface area contributed by atoms with E-state index in [2.05, 4.69) is 20.6 Å². The molecule has 0 amide bonds. The Labute approximate surface area is 110 Å². The molecule has 6 heteroatoms. The number of rotatable bonds is 4. The van der Waals surface area contributed by atoms with Crippen molar-refractivity contribution >= 4 is 17.3 Å². The summed E-state index contributed by atoms with van der Waals surface area (Å²) < 4.78 is 18.3. The molecule has 0 unspecified atom stereocenters. The first kappa shape index (κ1) is 13.1. The van der Waals surface area contributed by atoms with Gasteiger partial charge in [-0.15, -0.1) is 0 Å². The Morgan fingerprint density at radius 1 is 1.21 bits per heavy atom. The van der Waals surface area contributed by atoms with Crippen LogP contribution < -0.4 is 15.4 Å². The van der Waals surface area contributed by atoms with Crippen LogP contribution in [0.5, 0.6) is 5.75 Å². The lowest BCUT2D eigenvalue weighted by atomic mass is 10.2. The molecular formula is C13H15FN4O. The van der Waals surface area contributed by atoms with Gasteiger partial charge in [0.05, 0.1) is 7.11 Å². The van der Waals surface area contributed by atoms with Crippen LogP contribution >= 0.6 is 0 Å². The highest BCUT2D eigenvalue weighted by Crippen LogP contribution is 2.31. The van der Waals surface area contributed by atoms with Gasteiger partial charge in [-0.2, -0.15) is 0 Å². The molecule has 5 nitrogen and oxygen atoms in total. The summed E-state index contributed by atoms with van der Waals surface area (Å²) >= 11 is 0. The number of nitrogens with one attached hydrogen (secondary N) is 2. The fourth-order valence-corrected chi connectivity index (χ4v) is 1.73. The molecule has 2 N–H and O–H groups in total. The summed E-state index contributed by atoms with van der Waals surface area (Å²) in [5, 5.41) is 6.03. The van der Waals surface area contributed by atoms with Crippen LogP contribution in [0.1, 0.15) is 5.56 Å². The molecule has 2 rings (SSSR count). The Hall–Kier alpha value is -2.37. The molecule has 1 aromatic carbocycles. The Morgan fingerprint density at radius 3 is 2.58 bits per heavy atom. The van der Waals surface area contributed by atoms with Crippen LogP contribution in [0, 0.1) is 12.7 Å². The van der Waals surface area contributed by atoms with E-state index in [0.717, 1.165) is 11.3 Å². The molecule has 0 aliphatic heterocycles. The molecule has 1 heterocycles. The monoisotopic (exact) mass is 262 g/mol. The Kier molecular flexibility index (Phi) is 3.79. The van der Waals surface area contributed by atoms with Crippen molar-refractivity contribution in [2.45, 2.75) is 6.92 Å². The number of hydrogen-bond acceptors (Lipinski definition) is 5. The predicted octanol–water partition coefficient (Wildman–Crippen LogP) is 2.72. The van der Waals surface area contributed by atoms with Gasteiger partial charge in [0.25, 0.3) is 0 Å². The summed E-state index contributed by atoms with van der Waals surface area (Å²) in [6.07, 6.45) is 1.43. The predicted molar refractivity (Wildman–Crippen MR) is 72.6 cm³/mol. The number of methoxy groups -OCH3 is 1. The van der Waals surface area contributed by atoms with E-state index in [4.69, 9.17) is 4.74 Å². The van der Waals surface area contributed by atoms with Crippen LogP contribution in [0.3, 0.4) is 0 Å². The Morgan fingerprint density at radius 2 is 1.95 bits per heavy atom. The molecule has 19 heavy (non-hydrogen) atoms. The molecule has 0 fully saturated rings. The van der Waals surface area contributed by atoms with Crippen LogP contribution in [-0.4, -0.2) is 24.1 Å². The normalized spacial score (nSPS) is 10.1. The average Bonchev–Trinajstić information content (AvgIpc) is 2.41. The minimum Gasteiger partial charge on any atom is -0.490 e. The maximum atomic E-state index is 13.1. The van der Waals surface area contributed by atoms with Gasteiger partial charge in [0.1, 0.15) is 12.1 Å². The van der Waals surface area contributed by atoms with E-state index < -0.39 is 0 Å². The molecule has 0 atom stereocenters. The first-order valence-electron chi connectivity index (χ1n) is 5.75. The van der Waals surface area contributed by atoms with E-state index in [9.17, 15) is 4.39 Å². The zero-order valence-corrected chi connectivity index (χ0v) is 11.0. The maximum Gasteiger partial charge on any atom is 0.204 e. The SMILES string of the molecule is CNc1ncnc(Nc2ccc(F)cc2C)c1OC. The minimum atomic E-state index is -0.270. The van der Waals surface area contributed by atoms with Crippen LogP contribution in [0.15, 0.2) is 24.5 Å². The largest absolute Gasteiger partial charge is 0.490 e. The van der Waals surface area contributed by atoms with Crippen LogP contribution in [-0.2, 0) is 0 Å². The lowest BCUT2D eigenvalue weighted by molar-refractivity contribution is 0.415. The van der Waals surface area contributed by atoms with E-state index in [-0.39, 0.29) is 5.82 Å². The lowest BCUT2D eigenvalue weighted by Gasteiger charge is -2.14. The van der Waals surface area contributed by atoms with Gasteiger partial charge in [0, 0.05) is 12.7 Å². The summed E-state index contributed by atoms with van der Waals surface area (Å²) in [4.78, 5) is 8.20. The number of aryl methyl sites for hydroxylation is 1. The third kappa shape index (κ3) is 2.73. The Balaban J connectivity index is 2.37. The molecule has 100 valence electrons. The number of aromatic nitrogens is 2. The molecule has 0 saturated heterocycles. The summed E-state index contributed by atoms with van der Waals surface area (Å²) in [5.74, 6) is 1.35. The smallest absolute Gasteiger partial charge is 0.204 e. The number of ether oxygens (including phenoxy) is 1. The number of benzene rings is 1. The van der Waals surface area contributed by atoms with Crippen LogP contribution in [0.25, 0.3) is 0 Å². The number of nitrogens with zero attached hydrogens (tertiary/aromatic N) is 2. The first-order valence-corrected chi connectivity index (χ1v) is 5.75. The fraction of sp³-hybridized carbons (Fsp3) is 0.231. The van der Waals surface area contributed by atoms with Crippen molar-refractivity contribution in [2.24, 2.45) is 0 Å². The molecular weight excluding hydrogens is 247 g/mol. The van der Waals surface area contributed by atoms with E-state index in [0.29, 0.717) is 17.4 Å². The van der Waals surface area contributed by atoms with Gasteiger partial charge < -0.3 is 15.4 Å². The third-order valence-corrected chi connectivity index (χ3v) is 2.69. The van der Waals surface area contributed by atoms with Crippen molar-refractivity contribution in [3.63, 3.8) is 0 Å². The highest BCUT2D eigenvalue weighted by Gasteiger charge is 2.12. The Bertz CT molecular complexity index is 589. The molecule has 0 spiro atoms. The van der Waals surface area contributed by atoms with Crippen molar-refractivity contribution < 1.29 is 9.13 Å². The summed E-state index contributed by atoms with van der Waals surface area (Å²) in [7, 11) is 3.29. The molecule has 0 aliphatic carbocycles. The van der Waals surface area contributed by atoms with Gasteiger partial charge in [-0.3, -0.25) is 0 Å². The van der Waals surface area contributed by atoms with E-state index in [1.54, 1.807) is 20.2 Å². The van der Waals surface area contributed by atoms with Gasteiger partial charge in [0.15, 0.2) is 11.6 Å². The minimum absolute atomic E-state index is 0.270. The number of hydrogen-bond donors (Lipinski definition) is 2. The van der Waals surface area contributed by atoms with E-state index in [1.807, 2.05) is 6.92 Å². The van der Waals surface area contributed by atoms with Crippen LogP contribution in [0.4, 0.5) is 21.7 Å². The first-order chi connectivity index (χ1) is 9.15. The topological polar surface area (TPSA) is 59.1 Å². The fourth-order valence-electron chi connectivity index (χ4n) is 1.73. The van der Waals surface area contributed by atoms with Gasteiger partial charge >= 0.3 is 0 Å². The molecule has 1 aromatic heterocycles. The van der Waals surface area contributed by atoms with Crippen molar-refractivity contribution in [1.29, 1.82) is 0 Å². The average molecular weight is 262 g/mol. The van der Waals surface area contributed by atoms with Gasteiger partial charge in [0.2, 0.25) is 5.75 Å². The molecule has 0 aliphatic rings. The standard InChI is InChI=1S/C13H15FN4O/c1-8-6-9(14)4-5-10(8)18-13-11(19-3)12(15-2)16-7-17-13/h4-7H,1-3H3,(H2,15,16,17,18). The van der Waals surface area contributed by atoms with Crippen molar-refractivity contribution in [1.82, 2.24) is 9.97 Å². The number of anilines is 3. The van der Waals surface area contributed by atoms with Crippen molar-refractivity contribution in [3.05, 3.63) is 35.9 Å². The second kappa shape index (κ2) is 5.51. The molecule has 0 radical (unpaired) electrons. The molecule has 2 aromatic rings. The zero-order chi connectivity index (χ0) is 13.8. The summed E-state index contributed by atoms with van der Waals surface area (Å²) in [6.45, 7) is 1.82. The van der Waals surface area contributed by atoms with E-state index >= 15 is 0 Å². The quantitative estimate of drug-likeness (QED) is 0.887.